The van der Waals surface area contributed by atoms with Crippen molar-refractivity contribution in [3.63, 3.8) is 0 Å². The Hall–Kier alpha value is -4.13. The summed E-state index contributed by atoms with van der Waals surface area (Å²) in [5.41, 5.74) is 9.43. The van der Waals surface area contributed by atoms with Crippen LogP contribution in [0.2, 0.25) is 10.0 Å². The number of halogens is 2. The van der Waals surface area contributed by atoms with Crippen molar-refractivity contribution in [2.45, 2.75) is 85.0 Å². The Balaban J connectivity index is 1.46. The summed E-state index contributed by atoms with van der Waals surface area (Å²) < 4.78 is 7.46. The molecular weight excluding hydrogens is 661 g/mol. The van der Waals surface area contributed by atoms with Gasteiger partial charge in [-0.15, -0.1) is 10.2 Å². The van der Waals surface area contributed by atoms with E-state index in [-0.39, 0.29) is 5.41 Å². The van der Waals surface area contributed by atoms with Crippen molar-refractivity contribution in [2.24, 2.45) is 0 Å². The lowest BCUT2D eigenvalue weighted by Crippen LogP contribution is -2.27. The first kappa shape index (κ1) is 35.7. The van der Waals surface area contributed by atoms with E-state index in [9.17, 15) is 0 Å². The van der Waals surface area contributed by atoms with Crippen LogP contribution in [0.3, 0.4) is 0 Å². The van der Waals surface area contributed by atoms with Crippen LogP contribution in [-0.2, 0) is 5.41 Å². The normalized spacial score (nSPS) is 15.4. The molecule has 2 aromatic heterocycles. The minimum atomic E-state index is -0.129. The van der Waals surface area contributed by atoms with Crippen LogP contribution in [0.1, 0.15) is 83.8 Å². The molecule has 0 fully saturated rings. The van der Waals surface area contributed by atoms with E-state index in [1.165, 1.54) is 61.0 Å². The Morgan fingerprint density at radius 1 is 0.900 bits per heavy atom. The van der Waals surface area contributed by atoms with Crippen LogP contribution in [0.4, 0.5) is 5.69 Å². The maximum absolute atomic E-state index is 6.52. The number of aromatic nitrogens is 4. The Kier molecular flexibility index (Phi) is 11.0. The quantitative estimate of drug-likeness (QED) is 0.114. The number of hydrogen-bond acceptors (Lipinski definition) is 5. The number of methoxy groups -OCH3 is 1. The predicted octanol–water partition coefficient (Wildman–Crippen LogP) is 11.0. The van der Waals surface area contributed by atoms with Gasteiger partial charge in [-0.05, 0) is 73.4 Å². The molecule has 6 nitrogen and oxygen atoms in total. The predicted molar refractivity (Wildman–Crippen MR) is 209 cm³/mol. The number of fused-ring (bicyclic) bond motifs is 2. The van der Waals surface area contributed by atoms with Crippen molar-refractivity contribution in [1.82, 2.24) is 19.8 Å². The molecule has 0 bridgehead atoms. The molecule has 1 aliphatic rings. The van der Waals surface area contributed by atoms with Gasteiger partial charge in [-0.3, -0.25) is 0 Å². The van der Waals surface area contributed by atoms with E-state index in [0.29, 0.717) is 27.3 Å². The van der Waals surface area contributed by atoms with Gasteiger partial charge in [0, 0.05) is 34.1 Å². The highest BCUT2D eigenvalue weighted by atomic mass is 35.5. The fourth-order valence-electron chi connectivity index (χ4n) is 7.01. The van der Waals surface area contributed by atoms with Gasteiger partial charge in [0.2, 0.25) is 0 Å². The largest absolute Gasteiger partial charge is 0.496 e. The van der Waals surface area contributed by atoms with E-state index in [1.807, 2.05) is 36.4 Å². The molecule has 8 heteroatoms. The highest BCUT2D eigenvalue weighted by Gasteiger charge is 2.39. The second kappa shape index (κ2) is 15.4. The van der Waals surface area contributed by atoms with Gasteiger partial charge in [0.1, 0.15) is 11.4 Å². The number of unbranched alkanes of at least 4 members (excludes halogenated alkanes) is 5. The average Bonchev–Trinajstić information content (AvgIpc) is 3.74. The van der Waals surface area contributed by atoms with Crippen molar-refractivity contribution in [1.29, 1.82) is 0 Å². The van der Waals surface area contributed by atoms with Crippen LogP contribution in [0, 0.1) is 6.92 Å². The third-order valence-electron chi connectivity index (χ3n) is 9.85. The van der Waals surface area contributed by atoms with Gasteiger partial charge in [0.05, 0.1) is 22.7 Å². The summed E-state index contributed by atoms with van der Waals surface area (Å²) in [4.78, 5) is 2.56. The molecule has 0 unspecified atom stereocenters. The monoisotopic (exact) mass is 707 g/mol. The number of allylic oxidation sites excluding steroid dienone is 4. The fourth-order valence-corrected chi connectivity index (χ4v) is 7.31. The second-order valence-electron chi connectivity index (χ2n) is 13.7. The third kappa shape index (κ3) is 7.06. The van der Waals surface area contributed by atoms with Gasteiger partial charge in [0.25, 0.3) is 0 Å². The van der Waals surface area contributed by atoms with Crippen LogP contribution >= 0.6 is 23.2 Å². The number of benzene rings is 3. The van der Waals surface area contributed by atoms with E-state index in [0.717, 1.165) is 40.6 Å². The van der Waals surface area contributed by atoms with Crippen LogP contribution < -0.4 is 14.9 Å². The first-order valence-corrected chi connectivity index (χ1v) is 18.6. The molecule has 0 saturated heterocycles. The molecule has 5 aromatic rings. The summed E-state index contributed by atoms with van der Waals surface area (Å²) in [6, 6.07) is 20.3. The topological polar surface area (TPSA) is 55.6 Å². The number of nitrogens with zero attached hydrogens (tertiary/aromatic N) is 5. The van der Waals surface area contributed by atoms with Gasteiger partial charge >= 0.3 is 0 Å². The van der Waals surface area contributed by atoms with Gasteiger partial charge in [-0.25, -0.2) is 0 Å². The Bertz CT molecular complexity index is 2110. The lowest BCUT2D eigenvalue weighted by atomic mass is 9.83. The molecule has 260 valence electrons. The molecule has 0 N–H and O–H groups in total. The van der Waals surface area contributed by atoms with Crippen molar-refractivity contribution in [2.75, 3.05) is 18.6 Å². The number of ether oxygens (including phenoxy) is 1. The van der Waals surface area contributed by atoms with Gasteiger partial charge in [-0.2, -0.15) is 9.61 Å². The molecular formula is C42H47Cl2N5O. The van der Waals surface area contributed by atoms with Crippen molar-refractivity contribution in [3.8, 4) is 28.4 Å². The summed E-state index contributed by atoms with van der Waals surface area (Å²) in [6.07, 6.45) is 15.2. The summed E-state index contributed by atoms with van der Waals surface area (Å²) in [5, 5.41) is 16.2. The van der Waals surface area contributed by atoms with Crippen molar-refractivity contribution < 1.29 is 4.74 Å². The molecule has 0 amide bonds. The molecule has 0 spiro atoms. The Morgan fingerprint density at radius 3 is 2.44 bits per heavy atom. The average molecular weight is 709 g/mol. The van der Waals surface area contributed by atoms with Crippen LogP contribution in [-0.4, -0.2) is 33.5 Å². The van der Waals surface area contributed by atoms with E-state index < -0.39 is 0 Å². The Morgan fingerprint density at radius 2 is 1.68 bits per heavy atom. The minimum Gasteiger partial charge on any atom is -0.496 e. The van der Waals surface area contributed by atoms with Gasteiger partial charge in [-0.1, -0.05) is 125 Å². The standard InChI is InChI=1S/C42H47Cl2N5O/c1-7-9-10-11-12-15-24-48-36-22-18-28(3)25-33(36)42(4,5)38(48)23-19-29(8-2)26-32-39(30-20-21-34(43)35(44)27-30)47-49-40(45-46-41(32)49)31-16-13-14-17-37(31)50-6/h13-14,16-23,25-27H,7-12,15,24H2,1-6H3/b29-19+,32-26-,38-23+. The minimum absolute atomic E-state index is 0.129. The first-order valence-electron chi connectivity index (χ1n) is 17.8. The number of rotatable bonds is 13. The summed E-state index contributed by atoms with van der Waals surface area (Å²) in [5.74, 6) is 1.31. The zero-order valence-corrected chi connectivity index (χ0v) is 31.6. The summed E-state index contributed by atoms with van der Waals surface area (Å²) in [7, 11) is 1.66. The fraction of sp³-hybridized carbons (Fsp3) is 0.357. The number of hydrogen-bond donors (Lipinski definition) is 0. The van der Waals surface area contributed by atoms with Crippen LogP contribution in [0.25, 0.3) is 34.4 Å². The SMILES string of the molecule is CCCCCCCCN1/C(=C/C=C(/C=c2/c(-c3ccc(Cl)c(Cl)c3)nn3c(-c4ccccc4OC)nnc23)CC)C(C)(C)c2cc(C)ccc21. The molecule has 0 saturated carbocycles. The molecule has 3 heterocycles. The van der Waals surface area contributed by atoms with E-state index in [1.54, 1.807) is 17.7 Å². The highest BCUT2D eigenvalue weighted by molar-refractivity contribution is 6.42. The van der Waals surface area contributed by atoms with Crippen molar-refractivity contribution >= 4 is 40.6 Å². The van der Waals surface area contributed by atoms with Crippen LogP contribution in [0.15, 0.2) is 84.1 Å². The molecule has 6 rings (SSSR count). The maximum atomic E-state index is 6.52. The number of anilines is 1. The summed E-state index contributed by atoms with van der Waals surface area (Å²) >= 11 is 12.9. The molecule has 1 aliphatic heterocycles. The zero-order chi connectivity index (χ0) is 35.4. The lowest BCUT2D eigenvalue weighted by Gasteiger charge is -2.27. The molecule has 0 aliphatic carbocycles. The third-order valence-corrected chi connectivity index (χ3v) is 10.6. The summed E-state index contributed by atoms with van der Waals surface area (Å²) in [6.45, 7) is 12.4. The van der Waals surface area contributed by atoms with E-state index >= 15 is 0 Å². The Labute approximate surface area is 306 Å². The second-order valence-corrected chi connectivity index (χ2v) is 14.5. The van der Waals surface area contributed by atoms with Crippen molar-refractivity contribution in [3.05, 3.63) is 110 Å². The molecule has 50 heavy (non-hydrogen) atoms. The van der Waals surface area contributed by atoms with E-state index in [4.69, 9.17) is 33.0 Å². The highest BCUT2D eigenvalue weighted by Crippen LogP contribution is 2.48. The maximum Gasteiger partial charge on any atom is 0.189 e. The number of para-hydroxylation sites is 1. The first-order chi connectivity index (χ1) is 24.2. The molecule has 0 atom stereocenters. The zero-order valence-electron chi connectivity index (χ0n) is 30.1. The van der Waals surface area contributed by atoms with Gasteiger partial charge < -0.3 is 9.64 Å². The lowest BCUT2D eigenvalue weighted by molar-refractivity contribution is 0.416. The molecule has 0 radical (unpaired) electrons. The number of aryl methyl sites for hydroxylation is 1. The van der Waals surface area contributed by atoms with Crippen LogP contribution in [0.5, 0.6) is 5.75 Å². The van der Waals surface area contributed by atoms with Gasteiger partial charge in [0.15, 0.2) is 11.5 Å². The van der Waals surface area contributed by atoms with E-state index in [2.05, 4.69) is 86.1 Å². The molecule has 3 aromatic carbocycles. The smallest absolute Gasteiger partial charge is 0.189 e.